The van der Waals surface area contributed by atoms with Crippen molar-refractivity contribution in [1.82, 2.24) is 0 Å². The van der Waals surface area contributed by atoms with Crippen LogP contribution < -0.4 is 14.8 Å². The molecule has 0 bridgehead atoms. The summed E-state index contributed by atoms with van der Waals surface area (Å²) in [6.45, 7) is 3.86. The first kappa shape index (κ1) is 16.0. The molecule has 0 aromatic heterocycles. The first-order valence-corrected chi connectivity index (χ1v) is 7.80. The van der Waals surface area contributed by atoms with E-state index in [-0.39, 0.29) is 12.7 Å². The highest BCUT2D eigenvalue weighted by Gasteiger charge is 2.32. The maximum Gasteiger partial charge on any atom is 0.234 e. The second-order valence-corrected chi connectivity index (χ2v) is 6.61. The molecule has 0 aliphatic carbocycles. The molecule has 0 saturated heterocycles. The van der Waals surface area contributed by atoms with Crippen LogP contribution in [0.3, 0.4) is 0 Å². The highest BCUT2D eigenvalue weighted by atomic mass is 35.5. The molecule has 0 spiro atoms. The lowest BCUT2D eigenvalue weighted by atomic mass is 9.83. The van der Waals surface area contributed by atoms with Crippen LogP contribution in [0.4, 0.5) is 5.69 Å². The second-order valence-electron chi connectivity index (χ2n) is 5.77. The van der Waals surface area contributed by atoms with Gasteiger partial charge in [-0.1, -0.05) is 29.3 Å². The standard InChI is InChI=1S/C17H15Cl2NO3/c1-17(2,10-3-6-14-15(7-10)23-9-22-14)16(21)20-13-8-11(18)4-5-12(13)19/h3-8H,9H2,1-2H3,(H,20,21). The van der Waals surface area contributed by atoms with Gasteiger partial charge in [-0.2, -0.15) is 0 Å². The summed E-state index contributed by atoms with van der Waals surface area (Å²) in [4.78, 5) is 12.7. The molecule has 1 amide bonds. The van der Waals surface area contributed by atoms with Gasteiger partial charge in [0.2, 0.25) is 12.7 Å². The van der Waals surface area contributed by atoms with Gasteiger partial charge < -0.3 is 14.8 Å². The zero-order chi connectivity index (χ0) is 16.6. The van der Waals surface area contributed by atoms with E-state index in [9.17, 15) is 4.79 Å². The fourth-order valence-corrected chi connectivity index (χ4v) is 2.63. The van der Waals surface area contributed by atoms with Gasteiger partial charge in [0.25, 0.3) is 0 Å². The summed E-state index contributed by atoms with van der Waals surface area (Å²) >= 11 is 12.1. The predicted molar refractivity (Wildman–Crippen MR) is 90.7 cm³/mol. The van der Waals surface area contributed by atoms with E-state index in [0.29, 0.717) is 27.2 Å². The number of anilines is 1. The second kappa shape index (κ2) is 5.95. The van der Waals surface area contributed by atoms with E-state index in [4.69, 9.17) is 32.7 Å². The average molecular weight is 352 g/mol. The van der Waals surface area contributed by atoms with Crippen LogP contribution in [0.25, 0.3) is 0 Å². The third-order valence-corrected chi connectivity index (χ3v) is 4.40. The summed E-state index contributed by atoms with van der Waals surface area (Å²) < 4.78 is 10.7. The molecule has 1 aliphatic rings. The molecule has 0 saturated carbocycles. The molecule has 1 heterocycles. The quantitative estimate of drug-likeness (QED) is 0.876. The largest absolute Gasteiger partial charge is 0.454 e. The molecule has 1 N–H and O–H groups in total. The predicted octanol–water partition coefficient (Wildman–Crippen LogP) is 4.64. The van der Waals surface area contributed by atoms with Crippen molar-refractivity contribution in [2.45, 2.75) is 19.3 Å². The van der Waals surface area contributed by atoms with E-state index >= 15 is 0 Å². The van der Waals surface area contributed by atoms with Crippen molar-refractivity contribution < 1.29 is 14.3 Å². The monoisotopic (exact) mass is 351 g/mol. The van der Waals surface area contributed by atoms with E-state index in [1.807, 2.05) is 26.0 Å². The minimum atomic E-state index is -0.785. The molecule has 1 aliphatic heterocycles. The molecule has 0 fully saturated rings. The van der Waals surface area contributed by atoms with Crippen molar-refractivity contribution in [2.24, 2.45) is 0 Å². The first-order chi connectivity index (χ1) is 10.9. The SMILES string of the molecule is CC(C)(C(=O)Nc1cc(Cl)ccc1Cl)c1ccc2c(c1)OCO2. The number of ether oxygens (including phenoxy) is 2. The Morgan fingerprint density at radius 1 is 1.09 bits per heavy atom. The Bertz CT molecular complexity index is 774. The molecule has 0 atom stereocenters. The zero-order valence-corrected chi connectivity index (χ0v) is 14.2. The molecule has 2 aromatic carbocycles. The van der Waals surface area contributed by atoms with Gasteiger partial charge in [0.1, 0.15) is 0 Å². The highest BCUT2D eigenvalue weighted by Crippen LogP contribution is 2.37. The van der Waals surface area contributed by atoms with Crippen LogP contribution in [0.5, 0.6) is 11.5 Å². The van der Waals surface area contributed by atoms with Gasteiger partial charge in [0.15, 0.2) is 11.5 Å². The van der Waals surface area contributed by atoms with E-state index in [1.165, 1.54) is 0 Å². The van der Waals surface area contributed by atoms with E-state index in [2.05, 4.69) is 5.32 Å². The molecular formula is C17H15Cl2NO3. The lowest BCUT2D eigenvalue weighted by molar-refractivity contribution is -0.120. The molecule has 23 heavy (non-hydrogen) atoms. The Kier molecular flexibility index (Phi) is 4.13. The molecule has 120 valence electrons. The number of rotatable bonds is 3. The maximum atomic E-state index is 12.7. The molecule has 3 rings (SSSR count). The van der Waals surface area contributed by atoms with Gasteiger partial charge in [-0.15, -0.1) is 0 Å². The van der Waals surface area contributed by atoms with E-state index in [0.717, 1.165) is 5.56 Å². The van der Waals surface area contributed by atoms with Gasteiger partial charge in [-0.25, -0.2) is 0 Å². The fraction of sp³-hybridized carbons (Fsp3) is 0.235. The van der Waals surface area contributed by atoms with Crippen LogP contribution in [0.1, 0.15) is 19.4 Å². The number of carbonyl (C=O) groups excluding carboxylic acids is 1. The molecule has 4 nitrogen and oxygen atoms in total. The maximum absolute atomic E-state index is 12.7. The van der Waals surface area contributed by atoms with Crippen LogP contribution in [0.15, 0.2) is 36.4 Å². The number of hydrogen-bond acceptors (Lipinski definition) is 3. The van der Waals surface area contributed by atoms with Crippen LogP contribution in [0.2, 0.25) is 10.0 Å². The summed E-state index contributed by atoms with van der Waals surface area (Å²) in [5.41, 5.74) is 0.516. The Morgan fingerprint density at radius 3 is 2.61 bits per heavy atom. The van der Waals surface area contributed by atoms with Gasteiger partial charge in [0.05, 0.1) is 16.1 Å². The Balaban J connectivity index is 1.86. The molecule has 6 heteroatoms. The van der Waals surface area contributed by atoms with Gasteiger partial charge in [-0.05, 0) is 49.7 Å². The van der Waals surface area contributed by atoms with Gasteiger partial charge in [0, 0.05) is 5.02 Å². The third kappa shape index (κ3) is 3.09. The van der Waals surface area contributed by atoms with Crippen molar-refractivity contribution in [3.63, 3.8) is 0 Å². The van der Waals surface area contributed by atoms with Crippen LogP contribution in [-0.2, 0) is 10.2 Å². The number of benzene rings is 2. The summed E-state index contributed by atoms with van der Waals surface area (Å²) in [5.74, 6) is 1.13. The lowest BCUT2D eigenvalue weighted by Crippen LogP contribution is -2.34. The van der Waals surface area contributed by atoms with Gasteiger partial charge in [-0.3, -0.25) is 4.79 Å². The van der Waals surface area contributed by atoms with Crippen LogP contribution >= 0.6 is 23.2 Å². The first-order valence-electron chi connectivity index (χ1n) is 7.04. The highest BCUT2D eigenvalue weighted by molar-refractivity contribution is 6.35. The molecular weight excluding hydrogens is 337 g/mol. The summed E-state index contributed by atoms with van der Waals surface area (Å²) in [7, 11) is 0. The third-order valence-electron chi connectivity index (χ3n) is 3.84. The van der Waals surface area contributed by atoms with Crippen molar-refractivity contribution in [3.05, 3.63) is 52.0 Å². The van der Waals surface area contributed by atoms with Crippen molar-refractivity contribution >= 4 is 34.8 Å². The molecule has 2 aromatic rings. The summed E-state index contributed by atoms with van der Waals surface area (Å²) in [6, 6.07) is 10.4. The fourth-order valence-electron chi connectivity index (χ4n) is 2.29. The number of fused-ring (bicyclic) bond motifs is 1. The van der Waals surface area contributed by atoms with Crippen molar-refractivity contribution in [3.8, 4) is 11.5 Å². The van der Waals surface area contributed by atoms with Gasteiger partial charge >= 0.3 is 0 Å². The Hall–Kier alpha value is -1.91. The zero-order valence-electron chi connectivity index (χ0n) is 12.7. The van der Waals surface area contributed by atoms with E-state index < -0.39 is 5.41 Å². The van der Waals surface area contributed by atoms with Crippen molar-refractivity contribution in [2.75, 3.05) is 12.1 Å². The minimum absolute atomic E-state index is 0.194. The summed E-state index contributed by atoms with van der Waals surface area (Å²) in [5, 5.41) is 3.77. The summed E-state index contributed by atoms with van der Waals surface area (Å²) in [6.07, 6.45) is 0. The topological polar surface area (TPSA) is 47.6 Å². The van der Waals surface area contributed by atoms with Crippen molar-refractivity contribution in [1.29, 1.82) is 0 Å². The normalized spacial score (nSPS) is 13.0. The minimum Gasteiger partial charge on any atom is -0.454 e. The number of nitrogens with one attached hydrogen (secondary N) is 1. The average Bonchev–Trinajstić information content (AvgIpc) is 2.98. The Morgan fingerprint density at radius 2 is 1.83 bits per heavy atom. The molecule has 0 unspecified atom stereocenters. The van der Waals surface area contributed by atoms with Crippen LogP contribution in [0, 0.1) is 0 Å². The number of hydrogen-bond donors (Lipinski definition) is 1. The molecule has 0 radical (unpaired) electrons. The Labute approximate surface area is 144 Å². The number of carbonyl (C=O) groups is 1. The van der Waals surface area contributed by atoms with Crippen LogP contribution in [-0.4, -0.2) is 12.7 Å². The lowest BCUT2D eigenvalue weighted by Gasteiger charge is -2.24. The smallest absolute Gasteiger partial charge is 0.234 e. The number of halogens is 2. The van der Waals surface area contributed by atoms with E-state index in [1.54, 1.807) is 24.3 Å². The number of amides is 1.